The summed E-state index contributed by atoms with van der Waals surface area (Å²) in [6, 6.07) is 13.5. The normalized spacial score (nSPS) is 13.2. The molecular weight excluding hydrogens is 378 g/mol. The van der Waals surface area contributed by atoms with E-state index < -0.39 is 12.3 Å². The van der Waals surface area contributed by atoms with E-state index in [9.17, 15) is 8.78 Å². The molecule has 0 bridgehead atoms. The molecular formula is C20H16F2N6O. The summed E-state index contributed by atoms with van der Waals surface area (Å²) in [4.78, 5) is 0. The van der Waals surface area contributed by atoms with E-state index in [-0.39, 0.29) is 5.89 Å². The minimum atomic E-state index is -2.78. The third-order valence-electron chi connectivity index (χ3n) is 4.88. The molecule has 0 amide bonds. The lowest BCUT2D eigenvalue weighted by Gasteiger charge is -2.04. The van der Waals surface area contributed by atoms with Crippen molar-refractivity contribution >= 4 is 0 Å². The summed E-state index contributed by atoms with van der Waals surface area (Å²) in [7, 11) is 0. The number of hydrogen-bond acceptors (Lipinski definition) is 6. The first-order chi connectivity index (χ1) is 14.2. The van der Waals surface area contributed by atoms with Crippen molar-refractivity contribution in [1.82, 2.24) is 30.5 Å². The van der Waals surface area contributed by atoms with E-state index in [2.05, 4.69) is 38.0 Å². The second kappa shape index (κ2) is 7.17. The molecule has 1 aliphatic heterocycles. The van der Waals surface area contributed by atoms with E-state index in [4.69, 9.17) is 4.42 Å². The Morgan fingerprint density at radius 2 is 1.90 bits per heavy atom. The van der Waals surface area contributed by atoms with Crippen LogP contribution in [0.2, 0.25) is 0 Å². The Hall–Kier alpha value is -3.46. The summed E-state index contributed by atoms with van der Waals surface area (Å²) in [5.74, 6) is -0.608. The highest BCUT2D eigenvalue weighted by atomic mass is 19.3. The molecule has 0 unspecified atom stereocenters. The lowest BCUT2D eigenvalue weighted by atomic mass is 10.0. The molecule has 2 aromatic carbocycles. The van der Waals surface area contributed by atoms with Crippen LogP contribution in [0.4, 0.5) is 8.78 Å². The molecule has 0 fully saturated rings. The molecule has 0 radical (unpaired) electrons. The average molecular weight is 394 g/mol. The summed E-state index contributed by atoms with van der Waals surface area (Å²) >= 11 is 0. The first kappa shape index (κ1) is 17.6. The zero-order chi connectivity index (χ0) is 19.8. The Morgan fingerprint density at radius 1 is 1.03 bits per heavy atom. The molecule has 2 aromatic heterocycles. The molecule has 5 rings (SSSR count). The van der Waals surface area contributed by atoms with E-state index in [1.54, 1.807) is 16.8 Å². The maximum atomic E-state index is 12.6. The van der Waals surface area contributed by atoms with Crippen LogP contribution in [0.5, 0.6) is 0 Å². The van der Waals surface area contributed by atoms with E-state index in [1.165, 1.54) is 11.1 Å². The summed E-state index contributed by atoms with van der Waals surface area (Å²) in [6.45, 7) is 2.25. The Labute approximate surface area is 164 Å². The molecule has 0 aliphatic carbocycles. The summed E-state index contributed by atoms with van der Waals surface area (Å²) in [6.07, 6.45) is -0.854. The topological polar surface area (TPSA) is 81.7 Å². The van der Waals surface area contributed by atoms with Crippen molar-refractivity contribution in [3.63, 3.8) is 0 Å². The van der Waals surface area contributed by atoms with Crippen molar-refractivity contribution in [2.24, 2.45) is 0 Å². The zero-order valence-corrected chi connectivity index (χ0v) is 15.2. The largest absolute Gasteiger partial charge is 0.415 e. The molecule has 0 spiro atoms. The Bertz CT molecular complexity index is 1150. The minimum Gasteiger partial charge on any atom is -0.415 e. The fourth-order valence-electron chi connectivity index (χ4n) is 3.45. The Balaban J connectivity index is 1.33. The van der Waals surface area contributed by atoms with Crippen molar-refractivity contribution in [3.05, 3.63) is 71.2 Å². The summed E-state index contributed by atoms with van der Waals surface area (Å²) in [5, 5.41) is 18.9. The van der Waals surface area contributed by atoms with Crippen LogP contribution in [-0.4, -0.2) is 25.2 Å². The number of rotatable bonds is 5. The number of halogens is 2. The molecule has 3 heterocycles. The minimum absolute atomic E-state index is 0.0708. The van der Waals surface area contributed by atoms with E-state index >= 15 is 0 Å². The summed E-state index contributed by atoms with van der Waals surface area (Å²) in [5.41, 5.74) is 6.07. The van der Waals surface area contributed by atoms with E-state index in [0.717, 1.165) is 29.9 Å². The molecule has 1 aliphatic rings. The number of hydrogen-bond donors (Lipinski definition) is 1. The van der Waals surface area contributed by atoms with Crippen LogP contribution in [0.15, 0.2) is 53.1 Å². The average Bonchev–Trinajstić information content (AvgIpc) is 3.48. The predicted octanol–water partition coefficient (Wildman–Crippen LogP) is 3.58. The number of benzene rings is 2. The van der Waals surface area contributed by atoms with E-state index in [0.29, 0.717) is 12.1 Å². The van der Waals surface area contributed by atoms with Gasteiger partial charge in [-0.3, -0.25) is 0 Å². The van der Waals surface area contributed by atoms with Crippen LogP contribution >= 0.6 is 0 Å². The molecule has 4 aromatic rings. The Kier molecular flexibility index (Phi) is 4.36. The lowest BCUT2D eigenvalue weighted by Crippen LogP contribution is -2.00. The lowest BCUT2D eigenvalue weighted by molar-refractivity contribution is 0.116. The highest BCUT2D eigenvalue weighted by molar-refractivity contribution is 5.65. The van der Waals surface area contributed by atoms with Crippen molar-refractivity contribution in [2.45, 2.75) is 26.1 Å². The number of alkyl halides is 2. The molecule has 0 atom stereocenters. The van der Waals surface area contributed by atoms with Gasteiger partial charge in [0.1, 0.15) is 5.69 Å². The Morgan fingerprint density at radius 3 is 2.69 bits per heavy atom. The molecule has 146 valence electrons. The van der Waals surface area contributed by atoms with Crippen LogP contribution in [-0.2, 0) is 19.6 Å². The van der Waals surface area contributed by atoms with Crippen molar-refractivity contribution in [3.8, 4) is 22.7 Å². The van der Waals surface area contributed by atoms with Gasteiger partial charge in [0, 0.05) is 24.2 Å². The van der Waals surface area contributed by atoms with Crippen LogP contribution in [0.3, 0.4) is 0 Å². The van der Waals surface area contributed by atoms with Gasteiger partial charge in [-0.05, 0) is 28.8 Å². The van der Waals surface area contributed by atoms with Gasteiger partial charge >= 0.3 is 6.43 Å². The molecule has 9 heteroatoms. The maximum Gasteiger partial charge on any atom is 0.314 e. The monoisotopic (exact) mass is 394 g/mol. The van der Waals surface area contributed by atoms with Gasteiger partial charge in [0.05, 0.1) is 12.7 Å². The first-order valence-electron chi connectivity index (χ1n) is 9.10. The number of nitrogens with one attached hydrogen (secondary N) is 1. The standard InChI is InChI=1S/C20H16F2N6O/c21-18(22)20-26-25-19(29-20)13-6-4-12(5-7-13)10-28-11-17(24-27-28)15-3-1-2-14-8-23-9-16(14)15/h1-7,11,18,23H,8-10H2. The maximum absolute atomic E-state index is 12.6. The number of aromatic nitrogens is 5. The molecule has 29 heavy (non-hydrogen) atoms. The molecule has 1 N–H and O–H groups in total. The van der Waals surface area contributed by atoms with Gasteiger partial charge in [-0.1, -0.05) is 35.5 Å². The van der Waals surface area contributed by atoms with Gasteiger partial charge in [-0.15, -0.1) is 15.3 Å². The fraction of sp³-hybridized carbons (Fsp3) is 0.200. The molecule has 7 nitrogen and oxygen atoms in total. The van der Waals surface area contributed by atoms with Crippen LogP contribution in [0.1, 0.15) is 29.0 Å². The van der Waals surface area contributed by atoms with Gasteiger partial charge in [-0.2, -0.15) is 8.78 Å². The third kappa shape index (κ3) is 3.40. The van der Waals surface area contributed by atoms with Gasteiger partial charge < -0.3 is 9.73 Å². The SMILES string of the molecule is FC(F)c1nnc(-c2ccc(Cn3cc(-c4cccc5c4CNC5)nn3)cc2)o1. The fourth-order valence-corrected chi connectivity index (χ4v) is 3.45. The van der Waals surface area contributed by atoms with E-state index in [1.807, 2.05) is 24.4 Å². The quantitative estimate of drug-likeness (QED) is 0.557. The second-order valence-corrected chi connectivity index (χ2v) is 6.79. The van der Waals surface area contributed by atoms with Gasteiger partial charge in [0.15, 0.2) is 0 Å². The predicted molar refractivity (Wildman–Crippen MR) is 99.8 cm³/mol. The van der Waals surface area contributed by atoms with Gasteiger partial charge in [0.2, 0.25) is 5.89 Å². The molecule has 0 saturated heterocycles. The molecule has 0 saturated carbocycles. The van der Waals surface area contributed by atoms with Crippen LogP contribution in [0, 0.1) is 0 Å². The van der Waals surface area contributed by atoms with Crippen LogP contribution < -0.4 is 5.32 Å². The third-order valence-corrected chi connectivity index (χ3v) is 4.88. The van der Waals surface area contributed by atoms with Crippen LogP contribution in [0.25, 0.3) is 22.7 Å². The highest BCUT2D eigenvalue weighted by Gasteiger charge is 2.18. The smallest absolute Gasteiger partial charge is 0.314 e. The zero-order valence-electron chi connectivity index (χ0n) is 15.2. The highest BCUT2D eigenvalue weighted by Crippen LogP contribution is 2.28. The summed E-state index contributed by atoms with van der Waals surface area (Å²) < 4.78 is 31.9. The van der Waals surface area contributed by atoms with Crippen molar-refractivity contribution < 1.29 is 13.2 Å². The van der Waals surface area contributed by atoms with Gasteiger partial charge in [0.25, 0.3) is 5.89 Å². The number of nitrogens with zero attached hydrogens (tertiary/aromatic N) is 5. The van der Waals surface area contributed by atoms with Crippen molar-refractivity contribution in [2.75, 3.05) is 0 Å². The first-order valence-corrected chi connectivity index (χ1v) is 9.10. The second-order valence-electron chi connectivity index (χ2n) is 6.79. The number of fused-ring (bicyclic) bond motifs is 1. The van der Waals surface area contributed by atoms with Crippen molar-refractivity contribution in [1.29, 1.82) is 0 Å². The van der Waals surface area contributed by atoms with Gasteiger partial charge in [-0.25, -0.2) is 4.68 Å².